The van der Waals surface area contributed by atoms with Gasteiger partial charge in [0, 0.05) is 25.0 Å². The fraction of sp³-hybridized carbons (Fsp3) is 0.269. The largest absolute Gasteiger partial charge is 0.457 e. The van der Waals surface area contributed by atoms with Crippen LogP contribution in [0, 0.1) is 19.8 Å². The lowest BCUT2D eigenvalue weighted by molar-refractivity contribution is 0.479. The van der Waals surface area contributed by atoms with Crippen LogP contribution in [0.1, 0.15) is 31.4 Å². The SMILES string of the molecule is CCC(C)C=Nc1cc(Oc2ccc(Nc3ncnc4cnc(NC)nc34)cc2C)ccc1C. The lowest BCUT2D eigenvalue weighted by atomic mass is 10.1. The van der Waals surface area contributed by atoms with Gasteiger partial charge in [-0.15, -0.1) is 0 Å². The zero-order chi connectivity index (χ0) is 24.1. The van der Waals surface area contributed by atoms with E-state index in [-0.39, 0.29) is 0 Å². The van der Waals surface area contributed by atoms with E-state index in [4.69, 9.17) is 4.74 Å². The molecule has 0 amide bonds. The first-order valence-electron chi connectivity index (χ1n) is 11.3. The maximum Gasteiger partial charge on any atom is 0.223 e. The van der Waals surface area contributed by atoms with E-state index in [1.807, 2.05) is 49.5 Å². The normalized spacial score (nSPS) is 12.1. The van der Waals surface area contributed by atoms with Crippen molar-refractivity contribution in [3.63, 3.8) is 0 Å². The molecule has 0 radical (unpaired) electrons. The first-order valence-corrected chi connectivity index (χ1v) is 11.3. The van der Waals surface area contributed by atoms with Crippen LogP contribution in [0.3, 0.4) is 0 Å². The van der Waals surface area contributed by atoms with Crippen molar-refractivity contribution in [2.75, 3.05) is 17.7 Å². The number of ether oxygens (including phenoxy) is 1. The zero-order valence-electron chi connectivity index (χ0n) is 20.1. The Morgan fingerprint density at radius 2 is 1.91 bits per heavy atom. The molecule has 0 aliphatic rings. The number of aromatic nitrogens is 4. The van der Waals surface area contributed by atoms with E-state index in [1.165, 1.54) is 6.33 Å². The number of rotatable bonds is 8. The van der Waals surface area contributed by atoms with E-state index in [1.54, 1.807) is 13.2 Å². The quantitative estimate of drug-likeness (QED) is 0.298. The predicted octanol–water partition coefficient (Wildman–Crippen LogP) is 6.36. The molecule has 4 rings (SSSR count). The van der Waals surface area contributed by atoms with E-state index in [9.17, 15) is 0 Å². The van der Waals surface area contributed by atoms with Crippen LogP contribution < -0.4 is 15.4 Å². The summed E-state index contributed by atoms with van der Waals surface area (Å²) in [4.78, 5) is 22.0. The molecule has 1 atom stereocenters. The molecule has 34 heavy (non-hydrogen) atoms. The van der Waals surface area contributed by atoms with Gasteiger partial charge in [0.15, 0.2) is 5.82 Å². The average molecular weight is 456 g/mol. The Bertz CT molecular complexity index is 1340. The molecule has 0 saturated carbocycles. The molecular weight excluding hydrogens is 426 g/mol. The van der Waals surface area contributed by atoms with Gasteiger partial charge in [-0.3, -0.25) is 4.99 Å². The van der Waals surface area contributed by atoms with Gasteiger partial charge in [0.25, 0.3) is 0 Å². The number of fused-ring (bicyclic) bond motifs is 1. The summed E-state index contributed by atoms with van der Waals surface area (Å²) in [5, 5.41) is 6.28. The van der Waals surface area contributed by atoms with Gasteiger partial charge in [-0.25, -0.2) is 19.9 Å². The smallest absolute Gasteiger partial charge is 0.223 e. The van der Waals surface area contributed by atoms with Gasteiger partial charge < -0.3 is 15.4 Å². The fourth-order valence-corrected chi connectivity index (χ4v) is 3.28. The second-order valence-electron chi connectivity index (χ2n) is 8.22. The van der Waals surface area contributed by atoms with E-state index < -0.39 is 0 Å². The van der Waals surface area contributed by atoms with Gasteiger partial charge in [-0.1, -0.05) is 19.9 Å². The van der Waals surface area contributed by atoms with Crippen LogP contribution in [0.15, 0.2) is 53.9 Å². The van der Waals surface area contributed by atoms with Crippen molar-refractivity contribution in [3.05, 3.63) is 60.0 Å². The Kier molecular flexibility index (Phi) is 6.96. The molecule has 2 aromatic heterocycles. The highest BCUT2D eigenvalue weighted by atomic mass is 16.5. The lowest BCUT2D eigenvalue weighted by Gasteiger charge is -2.13. The summed E-state index contributed by atoms with van der Waals surface area (Å²) >= 11 is 0. The standard InChI is InChI=1S/C26H29N7O/c1-6-16(2)13-28-21-12-20(9-7-17(21)3)34-23-10-8-19(11-18(23)4)32-25-24-22(30-15-31-25)14-29-26(27-5)33-24/h7-16H,6H2,1-5H3,(H,27,29,33)(H,30,31,32). The number of hydrogen-bond acceptors (Lipinski definition) is 8. The van der Waals surface area contributed by atoms with Gasteiger partial charge in [0.1, 0.15) is 28.9 Å². The van der Waals surface area contributed by atoms with Crippen LogP contribution >= 0.6 is 0 Å². The molecule has 0 bridgehead atoms. The molecular formula is C26H29N7O. The van der Waals surface area contributed by atoms with Gasteiger partial charge in [0.2, 0.25) is 5.95 Å². The van der Waals surface area contributed by atoms with Gasteiger partial charge in [-0.05, 0) is 61.6 Å². The summed E-state index contributed by atoms with van der Waals surface area (Å²) in [7, 11) is 1.77. The highest BCUT2D eigenvalue weighted by Gasteiger charge is 2.10. The summed E-state index contributed by atoms with van der Waals surface area (Å²) in [5.74, 6) is 3.09. The van der Waals surface area contributed by atoms with Crippen LogP contribution in [0.4, 0.5) is 23.1 Å². The maximum atomic E-state index is 6.19. The third kappa shape index (κ3) is 5.28. The molecule has 0 aliphatic heterocycles. The molecule has 8 nitrogen and oxygen atoms in total. The van der Waals surface area contributed by atoms with Crippen molar-refractivity contribution in [3.8, 4) is 11.5 Å². The van der Waals surface area contributed by atoms with Crippen LogP contribution in [0.25, 0.3) is 11.0 Å². The van der Waals surface area contributed by atoms with Crippen LogP contribution in [0.5, 0.6) is 11.5 Å². The molecule has 2 aromatic carbocycles. The van der Waals surface area contributed by atoms with E-state index in [0.29, 0.717) is 28.7 Å². The van der Waals surface area contributed by atoms with Crippen molar-refractivity contribution < 1.29 is 4.74 Å². The zero-order valence-corrected chi connectivity index (χ0v) is 20.1. The van der Waals surface area contributed by atoms with Gasteiger partial charge >= 0.3 is 0 Å². The topological polar surface area (TPSA) is 97.2 Å². The summed E-state index contributed by atoms with van der Waals surface area (Å²) in [6.45, 7) is 8.38. The van der Waals surface area contributed by atoms with Gasteiger partial charge in [0.05, 0.1) is 11.9 Å². The van der Waals surface area contributed by atoms with E-state index >= 15 is 0 Å². The lowest BCUT2D eigenvalue weighted by Crippen LogP contribution is -2.01. The summed E-state index contributed by atoms with van der Waals surface area (Å²) in [6, 6.07) is 11.9. The molecule has 0 aliphatic carbocycles. The minimum Gasteiger partial charge on any atom is -0.457 e. The first kappa shape index (κ1) is 23.1. The van der Waals surface area contributed by atoms with Crippen LogP contribution in [0.2, 0.25) is 0 Å². The second-order valence-corrected chi connectivity index (χ2v) is 8.22. The van der Waals surface area contributed by atoms with Crippen molar-refractivity contribution in [2.45, 2.75) is 34.1 Å². The van der Waals surface area contributed by atoms with Gasteiger partial charge in [-0.2, -0.15) is 0 Å². The number of aliphatic imine (C=N–C) groups is 1. The number of nitrogens with one attached hydrogen (secondary N) is 2. The monoisotopic (exact) mass is 455 g/mol. The molecule has 1 unspecified atom stereocenters. The molecule has 2 heterocycles. The number of hydrogen-bond donors (Lipinski definition) is 2. The van der Waals surface area contributed by atoms with Crippen LogP contribution in [-0.2, 0) is 0 Å². The minimum atomic E-state index is 0.439. The molecule has 8 heteroatoms. The van der Waals surface area contributed by atoms with Crippen molar-refractivity contribution in [2.24, 2.45) is 10.9 Å². The van der Waals surface area contributed by atoms with Crippen molar-refractivity contribution in [1.82, 2.24) is 19.9 Å². The molecule has 2 N–H and O–H groups in total. The molecule has 0 spiro atoms. The molecule has 174 valence electrons. The predicted molar refractivity (Wildman–Crippen MR) is 138 cm³/mol. The number of nitrogens with zero attached hydrogens (tertiary/aromatic N) is 5. The Labute approximate surface area is 199 Å². The molecule has 4 aromatic rings. The Balaban J connectivity index is 1.55. The fourth-order valence-electron chi connectivity index (χ4n) is 3.28. The average Bonchev–Trinajstić information content (AvgIpc) is 2.85. The van der Waals surface area contributed by atoms with Crippen molar-refractivity contribution in [1.29, 1.82) is 0 Å². The number of benzene rings is 2. The maximum absolute atomic E-state index is 6.19. The molecule has 0 saturated heterocycles. The molecule has 0 fully saturated rings. The number of anilines is 3. The summed E-state index contributed by atoms with van der Waals surface area (Å²) in [5.41, 5.74) is 5.21. The summed E-state index contributed by atoms with van der Waals surface area (Å²) in [6.07, 6.45) is 6.23. The Morgan fingerprint density at radius 1 is 1.06 bits per heavy atom. The van der Waals surface area contributed by atoms with Crippen molar-refractivity contribution >= 4 is 40.4 Å². The highest BCUT2D eigenvalue weighted by molar-refractivity contribution is 5.87. The summed E-state index contributed by atoms with van der Waals surface area (Å²) < 4.78 is 6.19. The van der Waals surface area contributed by atoms with E-state index in [2.05, 4.69) is 56.3 Å². The van der Waals surface area contributed by atoms with E-state index in [0.717, 1.165) is 40.4 Å². The second kappa shape index (κ2) is 10.2. The third-order valence-corrected chi connectivity index (χ3v) is 5.56. The minimum absolute atomic E-state index is 0.439. The Morgan fingerprint density at radius 3 is 2.68 bits per heavy atom. The Hall–Kier alpha value is -4.07. The van der Waals surface area contributed by atoms with Crippen LogP contribution in [-0.4, -0.2) is 33.2 Å². The number of aryl methyl sites for hydroxylation is 2. The first-order chi connectivity index (χ1) is 16.5. The third-order valence-electron chi connectivity index (χ3n) is 5.56. The highest BCUT2D eigenvalue weighted by Crippen LogP contribution is 2.32.